The maximum Gasteiger partial charge on any atom is 0.258 e. The number of para-hydroxylation sites is 1. The predicted molar refractivity (Wildman–Crippen MR) is 91.3 cm³/mol. The number of hydrogen-bond acceptors (Lipinski definition) is 3. The lowest BCUT2D eigenvalue weighted by Crippen LogP contribution is -2.28. The molecular formula is C19H22N2O2. The van der Waals surface area contributed by atoms with E-state index in [2.05, 4.69) is 23.6 Å². The number of benzene rings is 2. The molecule has 0 saturated carbocycles. The van der Waals surface area contributed by atoms with Gasteiger partial charge in [-0.1, -0.05) is 49.4 Å². The molecule has 0 fully saturated rings. The Balaban J connectivity index is 1.78. The molecule has 1 heterocycles. The number of ether oxygens (including phenoxy) is 1. The number of carbonyl (C=O) groups excluding carboxylic acids is 1. The number of nitrogens with one attached hydrogen (secondary N) is 2. The van der Waals surface area contributed by atoms with Gasteiger partial charge in [-0.15, -0.1) is 0 Å². The Hall–Kier alpha value is -2.17. The second-order valence-corrected chi connectivity index (χ2v) is 5.63. The van der Waals surface area contributed by atoms with Crippen LogP contribution in [0.25, 0.3) is 0 Å². The predicted octanol–water partition coefficient (Wildman–Crippen LogP) is 3.05. The van der Waals surface area contributed by atoms with Crippen molar-refractivity contribution in [2.75, 3.05) is 18.5 Å². The van der Waals surface area contributed by atoms with Gasteiger partial charge in [0.2, 0.25) is 0 Å². The molecule has 4 nitrogen and oxygen atoms in total. The molecule has 23 heavy (non-hydrogen) atoms. The molecule has 2 N–H and O–H groups in total. The van der Waals surface area contributed by atoms with Crippen molar-refractivity contribution in [3.05, 3.63) is 65.2 Å². The Morgan fingerprint density at radius 3 is 2.83 bits per heavy atom. The minimum Gasteiger partial charge on any atom is -0.363 e. The van der Waals surface area contributed by atoms with E-state index in [0.717, 1.165) is 36.3 Å². The Morgan fingerprint density at radius 2 is 1.96 bits per heavy atom. The van der Waals surface area contributed by atoms with Gasteiger partial charge in [0.15, 0.2) is 6.10 Å². The molecule has 0 spiro atoms. The molecule has 120 valence electrons. The molecule has 0 saturated heterocycles. The number of amides is 1. The maximum absolute atomic E-state index is 12.7. The van der Waals surface area contributed by atoms with Crippen molar-refractivity contribution >= 4 is 11.6 Å². The number of anilines is 1. The van der Waals surface area contributed by atoms with E-state index < -0.39 is 6.10 Å². The van der Waals surface area contributed by atoms with Gasteiger partial charge >= 0.3 is 0 Å². The van der Waals surface area contributed by atoms with Gasteiger partial charge in [-0.3, -0.25) is 4.79 Å². The van der Waals surface area contributed by atoms with Gasteiger partial charge in [0.25, 0.3) is 5.91 Å². The smallest absolute Gasteiger partial charge is 0.258 e. The molecule has 1 atom stereocenters. The van der Waals surface area contributed by atoms with Crippen LogP contribution in [0.15, 0.2) is 48.5 Å². The number of rotatable bonds is 5. The van der Waals surface area contributed by atoms with Crippen molar-refractivity contribution in [3.63, 3.8) is 0 Å². The summed E-state index contributed by atoms with van der Waals surface area (Å²) >= 11 is 0. The van der Waals surface area contributed by atoms with E-state index >= 15 is 0 Å². The van der Waals surface area contributed by atoms with Crippen molar-refractivity contribution < 1.29 is 9.53 Å². The SMILES string of the molecule is CCNCc1ccccc1NC(=O)C1OCCc2ccccc21. The summed E-state index contributed by atoms with van der Waals surface area (Å²) in [6, 6.07) is 15.9. The lowest BCUT2D eigenvalue weighted by molar-refractivity contribution is -0.128. The quantitative estimate of drug-likeness (QED) is 0.892. The first-order valence-electron chi connectivity index (χ1n) is 8.08. The van der Waals surface area contributed by atoms with Crippen LogP contribution in [0, 0.1) is 0 Å². The third-order valence-electron chi connectivity index (χ3n) is 4.07. The van der Waals surface area contributed by atoms with Gasteiger partial charge in [0, 0.05) is 12.2 Å². The van der Waals surface area contributed by atoms with Crippen LogP contribution in [0.4, 0.5) is 5.69 Å². The standard InChI is InChI=1S/C19H22N2O2/c1-2-20-13-15-8-4-6-10-17(15)21-19(22)18-16-9-5-3-7-14(16)11-12-23-18/h3-10,18,20H,2,11-13H2,1H3,(H,21,22). The summed E-state index contributed by atoms with van der Waals surface area (Å²) in [5, 5.41) is 6.32. The summed E-state index contributed by atoms with van der Waals surface area (Å²) in [7, 11) is 0. The summed E-state index contributed by atoms with van der Waals surface area (Å²) in [5.74, 6) is -0.110. The van der Waals surface area contributed by atoms with E-state index in [1.54, 1.807) is 0 Å². The van der Waals surface area contributed by atoms with Crippen LogP contribution in [0.1, 0.15) is 29.7 Å². The van der Waals surface area contributed by atoms with E-state index in [0.29, 0.717) is 6.61 Å². The minimum absolute atomic E-state index is 0.110. The average Bonchev–Trinajstić information content (AvgIpc) is 2.60. The third-order valence-corrected chi connectivity index (χ3v) is 4.07. The first-order chi connectivity index (χ1) is 11.3. The molecule has 1 unspecified atom stereocenters. The van der Waals surface area contributed by atoms with Crippen LogP contribution in [0.3, 0.4) is 0 Å². The summed E-state index contributed by atoms with van der Waals surface area (Å²) in [6.07, 6.45) is 0.323. The van der Waals surface area contributed by atoms with Crippen LogP contribution in [-0.2, 0) is 22.5 Å². The lowest BCUT2D eigenvalue weighted by Gasteiger charge is -2.25. The minimum atomic E-state index is -0.535. The largest absolute Gasteiger partial charge is 0.363 e. The molecule has 0 bridgehead atoms. The summed E-state index contributed by atoms with van der Waals surface area (Å²) in [6.45, 7) is 4.26. The Morgan fingerprint density at radius 1 is 1.17 bits per heavy atom. The first-order valence-corrected chi connectivity index (χ1v) is 8.08. The molecule has 0 aromatic heterocycles. The summed E-state index contributed by atoms with van der Waals surface area (Å²) < 4.78 is 5.73. The zero-order valence-corrected chi connectivity index (χ0v) is 13.3. The Bertz CT molecular complexity index is 685. The fourth-order valence-corrected chi connectivity index (χ4v) is 2.87. The fraction of sp³-hybridized carbons (Fsp3) is 0.316. The van der Waals surface area contributed by atoms with E-state index in [1.807, 2.05) is 42.5 Å². The third kappa shape index (κ3) is 3.60. The lowest BCUT2D eigenvalue weighted by atomic mass is 9.97. The van der Waals surface area contributed by atoms with Crippen LogP contribution in [0.2, 0.25) is 0 Å². The monoisotopic (exact) mass is 310 g/mol. The van der Waals surface area contributed by atoms with Crippen molar-refractivity contribution in [1.82, 2.24) is 5.32 Å². The van der Waals surface area contributed by atoms with Gasteiger partial charge in [-0.25, -0.2) is 0 Å². The van der Waals surface area contributed by atoms with Gasteiger partial charge in [0.1, 0.15) is 0 Å². The van der Waals surface area contributed by atoms with Gasteiger partial charge in [-0.05, 0) is 35.7 Å². The molecule has 2 aromatic rings. The van der Waals surface area contributed by atoms with Gasteiger partial charge in [0.05, 0.1) is 6.61 Å². The maximum atomic E-state index is 12.7. The molecule has 1 amide bonds. The topological polar surface area (TPSA) is 50.4 Å². The summed E-state index contributed by atoms with van der Waals surface area (Å²) in [5.41, 5.74) is 4.08. The van der Waals surface area contributed by atoms with Crippen LogP contribution in [0.5, 0.6) is 0 Å². The highest BCUT2D eigenvalue weighted by Gasteiger charge is 2.27. The second-order valence-electron chi connectivity index (χ2n) is 5.63. The molecule has 0 aliphatic carbocycles. The number of hydrogen-bond donors (Lipinski definition) is 2. The molecule has 3 rings (SSSR count). The van der Waals surface area contributed by atoms with E-state index in [9.17, 15) is 4.79 Å². The average molecular weight is 310 g/mol. The molecule has 0 radical (unpaired) electrons. The zero-order chi connectivity index (χ0) is 16.1. The molecule has 2 aromatic carbocycles. The van der Waals surface area contributed by atoms with Crippen molar-refractivity contribution in [2.45, 2.75) is 26.0 Å². The molecule has 1 aliphatic rings. The van der Waals surface area contributed by atoms with Crippen molar-refractivity contribution in [1.29, 1.82) is 0 Å². The Kier molecular flexibility index (Phi) is 5.05. The molecular weight excluding hydrogens is 288 g/mol. The van der Waals surface area contributed by atoms with Gasteiger partial charge < -0.3 is 15.4 Å². The van der Waals surface area contributed by atoms with Crippen LogP contribution >= 0.6 is 0 Å². The van der Waals surface area contributed by atoms with Crippen molar-refractivity contribution in [3.8, 4) is 0 Å². The van der Waals surface area contributed by atoms with E-state index in [4.69, 9.17) is 4.74 Å². The number of fused-ring (bicyclic) bond motifs is 1. The highest BCUT2D eigenvalue weighted by atomic mass is 16.5. The normalized spacial score (nSPS) is 16.7. The molecule has 4 heteroatoms. The fourth-order valence-electron chi connectivity index (χ4n) is 2.87. The van der Waals surface area contributed by atoms with Crippen LogP contribution < -0.4 is 10.6 Å². The van der Waals surface area contributed by atoms with E-state index in [-0.39, 0.29) is 5.91 Å². The summed E-state index contributed by atoms with van der Waals surface area (Å²) in [4.78, 5) is 12.7. The highest BCUT2D eigenvalue weighted by molar-refractivity contribution is 5.95. The second kappa shape index (κ2) is 7.40. The zero-order valence-electron chi connectivity index (χ0n) is 13.3. The van der Waals surface area contributed by atoms with Crippen molar-refractivity contribution in [2.24, 2.45) is 0 Å². The Labute approximate surface area is 136 Å². The highest BCUT2D eigenvalue weighted by Crippen LogP contribution is 2.28. The first kappa shape index (κ1) is 15.7. The van der Waals surface area contributed by atoms with Gasteiger partial charge in [-0.2, -0.15) is 0 Å². The van der Waals surface area contributed by atoms with Crippen LogP contribution in [-0.4, -0.2) is 19.1 Å². The molecule has 1 aliphatic heterocycles. The number of carbonyl (C=O) groups is 1. The van der Waals surface area contributed by atoms with E-state index in [1.165, 1.54) is 5.56 Å².